The van der Waals surface area contributed by atoms with E-state index in [-0.39, 0.29) is 5.82 Å². The van der Waals surface area contributed by atoms with Gasteiger partial charge in [0.2, 0.25) is 0 Å². The van der Waals surface area contributed by atoms with Gasteiger partial charge >= 0.3 is 0 Å². The molecule has 0 aliphatic rings. The lowest BCUT2D eigenvalue weighted by Crippen LogP contribution is -2.04. The molecule has 0 aromatic heterocycles. The minimum atomic E-state index is -0.392. The molecule has 0 aliphatic heterocycles. The Morgan fingerprint density at radius 3 is 2.62 bits per heavy atom. The first-order valence-corrected chi connectivity index (χ1v) is 4.92. The van der Waals surface area contributed by atoms with Gasteiger partial charge in [0.1, 0.15) is 5.82 Å². The van der Waals surface area contributed by atoms with Gasteiger partial charge in [0, 0.05) is 0 Å². The fourth-order valence-corrected chi connectivity index (χ4v) is 1.86. The Kier molecular flexibility index (Phi) is 3.45. The van der Waals surface area contributed by atoms with Gasteiger partial charge in [-0.25, -0.2) is 4.39 Å². The molecule has 0 saturated heterocycles. The summed E-state index contributed by atoms with van der Waals surface area (Å²) in [6.07, 6.45) is 0.163. The van der Waals surface area contributed by atoms with Crippen molar-refractivity contribution in [2.24, 2.45) is 0 Å². The Morgan fingerprint density at radius 2 is 2.15 bits per heavy atom. The summed E-state index contributed by atoms with van der Waals surface area (Å²) in [6, 6.07) is 3.46. The monoisotopic (exact) mass is 246 g/mol. The predicted molar refractivity (Wildman–Crippen MR) is 54.2 cm³/mol. The van der Waals surface area contributed by atoms with Crippen LogP contribution in [-0.2, 0) is 6.42 Å². The van der Waals surface area contributed by atoms with E-state index in [9.17, 15) is 4.39 Å². The van der Waals surface area contributed by atoms with Crippen molar-refractivity contribution in [3.8, 4) is 0 Å². The number of aryl methyl sites for hydroxylation is 1. The summed E-state index contributed by atoms with van der Waals surface area (Å²) in [4.78, 5) is 0. The van der Waals surface area contributed by atoms with Crippen molar-refractivity contribution in [1.82, 2.24) is 0 Å². The van der Waals surface area contributed by atoms with Crippen LogP contribution in [0.25, 0.3) is 0 Å². The van der Waals surface area contributed by atoms with Gasteiger partial charge in [-0.1, -0.05) is 6.07 Å². The molecule has 1 aromatic carbocycles. The van der Waals surface area contributed by atoms with Gasteiger partial charge in [-0.2, -0.15) is 0 Å². The maximum Gasteiger partial charge on any atom is 0.140 e. The average Bonchev–Trinajstić information content (AvgIpc) is 1.98. The fourth-order valence-electron chi connectivity index (χ4n) is 1.26. The van der Waals surface area contributed by atoms with Gasteiger partial charge in [0.15, 0.2) is 0 Å². The van der Waals surface area contributed by atoms with Crippen LogP contribution < -0.4 is 0 Å². The SMILES string of the molecule is Cc1cc(CC(C)O)cc(Br)c1F. The first-order chi connectivity index (χ1) is 6.00. The minimum Gasteiger partial charge on any atom is -0.393 e. The van der Waals surface area contributed by atoms with Crippen LogP contribution >= 0.6 is 15.9 Å². The molecule has 0 aliphatic carbocycles. The number of benzene rings is 1. The van der Waals surface area contributed by atoms with Crippen molar-refractivity contribution in [3.63, 3.8) is 0 Å². The number of hydrogen-bond donors (Lipinski definition) is 1. The van der Waals surface area contributed by atoms with Crippen LogP contribution in [0, 0.1) is 12.7 Å². The highest BCUT2D eigenvalue weighted by molar-refractivity contribution is 9.10. The van der Waals surface area contributed by atoms with Crippen molar-refractivity contribution < 1.29 is 9.50 Å². The van der Waals surface area contributed by atoms with Crippen LogP contribution in [-0.4, -0.2) is 11.2 Å². The highest BCUT2D eigenvalue weighted by Crippen LogP contribution is 2.21. The van der Waals surface area contributed by atoms with E-state index in [0.29, 0.717) is 16.5 Å². The van der Waals surface area contributed by atoms with Gasteiger partial charge < -0.3 is 5.11 Å². The van der Waals surface area contributed by atoms with Gasteiger partial charge in [-0.05, 0) is 53.4 Å². The first-order valence-electron chi connectivity index (χ1n) is 4.13. The Labute approximate surface area is 85.7 Å². The molecule has 72 valence electrons. The summed E-state index contributed by atoms with van der Waals surface area (Å²) < 4.78 is 13.6. The Balaban J connectivity index is 2.99. The zero-order chi connectivity index (χ0) is 10.0. The summed E-state index contributed by atoms with van der Waals surface area (Å²) in [6.45, 7) is 3.43. The summed E-state index contributed by atoms with van der Waals surface area (Å²) in [7, 11) is 0. The van der Waals surface area contributed by atoms with Gasteiger partial charge in [-0.15, -0.1) is 0 Å². The number of aliphatic hydroxyl groups is 1. The molecule has 1 atom stereocenters. The zero-order valence-electron chi connectivity index (χ0n) is 7.64. The van der Waals surface area contributed by atoms with Crippen LogP contribution in [0.1, 0.15) is 18.1 Å². The van der Waals surface area contributed by atoms with E-state index >= 15 is 0 Å². The highest BCUT2D eigenvalue weighted by atomic mass is 79.9. The number of aliphatic hydroxyl groups excluding tert-OH is 1. The van der Waals surface area contributed by atoms with Crippen LogP contribution in [0.2, 0.25) is 0 Å². The van der Waals surface area contributed by atoms with Crippen molar-refractivity contribution >= 4 is 15.9 Å². The zero-order valence-corrected chi connectivity index (χ0v) is 9.23. The van der Waals surface area contributed by atoms with Gasteiger partial charge in [-0.3, -0.25) is 0 Å². The standard InChI is InChI=1S/C10H12BrFO/c1-6-3-8(4-7(2)13)5-9(11)10(6)12/h3,5,7,13H,4H2,1-2H3. The predicted octanol–water partition coefficient (Wildman–Crippen LogP) is 2.82. The largest absolute Gasteiger partial charge is 0.393 e. The van der Waals surface area contributed by atoms with Crippen LogP contribution in [0.5, 0.6) is 0 Å². The molecule has 1 nitrogen and oxygen atoms in total. The molecule has 0 heterocycles. The van der Waals surface area contributed by atoms with E-state index in [1.807, 2.05) is 0 Å². The summed E-state index contributed by atoms with van der Waals surface area (Å²) in [5.41, 5.74) is 1.55. The smallest absolute Gasteiger partial charge is 0.140 e. The van der Waals surface area contributed by atoms with E-state index in [2.05, 4.69) is 15.9 Å². The van der Waals surface area contributed by atoms with Crippen LogP contribution in [0.15, 0.2) is 16.6 Å². The number of hydrogen-bond acceptors (Lipinski definition) is 1. The highest BCUT2D eigenvalue weighted by Gasteiger charge is 2.06. The molecule has 1 N–H and O–H groups in total. The van der Waals surface area contributed by atoms with E-state index in [0.717, 1.165) is 5.56 Å². The molecule has 0 spiro atoms. The third-order valence-electron chi connectivity index (χ3n) is 1.80. The summed E-state index contributed by atoms with van der Waals surface area (Å²) >= 11 is 3.13. The maximum atomic E-state index is 13.1. The van der Waals surface area contributed by atoms with Crippen molar-refractivity contribution in [3.05, 3.63) is 33.5 Å². The van der Waals surface area contributed by atoms with E-state index in [4.69, 9.17) is 5.11 Å². The second-order valence-corrected chi connectivity index (χ2v) is 4.12. The molecule has 1 unspecified atom stereocenters. The van der Waals surface area contributed by atoms with E-state index in [1.54, 1.807) is 26.0 Å². The Bertz CT molecular complexity index is 287. The molecule has 0 fully saturated rings. The van der Waals surface area contributed by atoms with Crippen molar-refractivity contribution in [1.29, 1.82) is 0 Å². The number of rotatable bonds is 2. The fraction of sp³-hybridized carbons (Fsp3) is 0.400. The first kappa shape index (κ1) is 10.7. The molecular formula is C10H12BrFO. The lowest BCUT2D eigenvalue weighted by molar-refractivity contribution is 0.195. The Hall–Kier alpha value is -0.410. The lowest BCUT2D eigenvalue weighted by Gasteiger charge is -2.07. The molecule has 0 bridgehead atoms. The molecule has 1 rings (SSSR count). The minimum absolute atomic E-state index is 0.227. The lowest BCUT2D eigenvalue weighted by atomic mass is 10.1. The van der Waals surface area contributed by atoms with Crippen molar-refractivity contribution in [2.75, 3.05) is 0 Å². The summed E-state index contributed by atoms with van der Waals surface area (Å²) in [5.74, 6) is -0.227. The second kappa shape index (κ2) is 4.20. The normalized spacial score (nSPS) is 13.0. The number of halogens is 2. The molecule has 13 heavy (non-hydrogen) atoms. The summed E-state index contributed by atoms with van der Waals surface area (Å²) in [5, 5.41) is 9.15. The van der Waals surface area contributed by atoms with Gasteiger partial charge in [0.05, 0.1) is 10.6 Å². The molecule has 3 heteroatoms. The third-order valence-corrected chi connectivity index (χ3v) is 2.38. The molecule has 1 aromatic rings. The van der Waals surface area contributed by atoms with Crippen LogP contribution in [0.3, 0.4) is 0 Å². The molecule has 0 radical (unpaired) electrons. The third kappa shape index (κ3) is 2.78. The molecular weight excluding hydrogens is 235 g/mol. The Morgan fingerprint density at radius 1 is 1.54 bits per heavy atom. The average molecular weight is 247 g/mol. The second-order valence-electron chi connectivity index (χ2n) is 3.26. The van der Waals surface area contributed by atoms with Gasteiger partial charge in [0.25, 0.3) is 0 Å². The topological polar surface area (TPSA) is 20.2 Å². The van der Waals surface area contributed by atoms with E-state index < -0.39 is 6.10 Å². The van der Waals surface area contributed by atoms with Crippen molar-refractivity contribution in [2.45, 2.75) is 26.4 Å². The maximum absolute atomic E-state index is 13.1. The van der Waals surface area contributed by atoms with Crippen LogP contribution in [0.4, 0.5) is 4.39 Å². The molecule has 0 saturated carbocycles. The van der Waals surface area contributed by atoms with E-state index in [1.165, 1.54) is 0 Å². The molecule has 0 amide bonds. The quantitative estimate of drug-likeness (QED) is 0.851.